The topological polar surface area (TPSA) is 8.17 Å². The number of para-hydroxylation sites is 3. The molecule has 0 amide bonds. The maximum absolute atomic E-state index is 2.44. The molecule has 9 aromatic carbocycles. The highest BCUT2D eigenvalue weighted by Gasteiger charge is 2.19. The van der Waals surface area contributed by atoms with Crippen molar-refractivity contribution in [2.75, 3.05) is 4.90 Å². The molecular formula is C54H34N2S2. The third kappa shape index (κ3) is 5.30. The van der Waals surface area contributed by atoms with Crippen molar-refractivity contribution in [1.82, 2.24) is 4.57 Å². The molecule has 272 valence electrons. The number of hydrogen-bond donors (Lipinski definition) is 0. The summed E-state index contributed by atoms with van der Waals surface area (Å²) in [5.74, 6) is 0. The lowest BCUT2D eigenvalue weighted by Crippen LogP contribution is -2.09. The van der Waals surface area contributed by atoms with E-state index in [2.05, 4.69) is 216 Å². The molecule has 0 unspecified atom stereocenters. The Bertz CT molecular complexity index is 3450. The van der Waals surface area contributed by atoms with E-state index >= 15 is 0 Å². The summed E-state index contributed by atoms with van der Waals surface area (Å²) < 4.78 is 7.71. The van der Waals surface area contributed by atoms with Crippen molar-refractivity contribution in [2.45, 2.75) is 0 Å². The molecule has 3 aromatic heterocycles. The van der Waals surface area contributed by atoms with Crippen LogP contribution >= 0.6 is 22.7 Å². The van der Waals surface area contributed by atoms with Gasteiger partial charge in [0, 0.05) is 79.4 Å². The fourth-order valence-electron chi connectivity index (χ4n) is 8.88. The van der Waals surface area contributed by atoms with Crippen LogP contribution < -0.4 is 4.90 Å². The van der Waals surface area contributed by atoms with Crippen LogP contribution in [0.5, 0.6) is 0 Å². The predicted octanol–water partition coefficient (Wildman–Crippen LogP) is 16.3. The molecule has 0 spiro atoms. The van der Waals surface area contributed by atoms with E-state index < -0.39 is 0 Å². The zero-order chi connectivity index (χ0) is 38.2. The van der Waals surface area contributed by atoms with Crippen LogP contribution in [-0.4, -0.2) is 4.57 Å². The first kappa shape index (κ1) is 33.2. The number of anilines is 3. The van der Waals surface area contributed by atoms with Gasteiger partial charge in [0.05, 0.1) is 11.0 Å². The fourth-order valence-corrected chi connectivity index (χ4v) is 11.2. The molecule has 12 aromatic rings. The van der Waals surface area contributed by atoms with Crippen LogP contribution in [0.4, 0.5) is 17.1 Å². The van der Waals surface area contributed by atoms with Gasteiger partial charge in [-0.05, 0) is 102 Å². The second kappa shape index (κ2) is 13.3. The lowest BCUT2D eigenvalue weighted by atomic mass is 10.0. The molecule has 0 radical (unpaired) electrons. The molecule has 0 atom stereocenters. The van der Waals surface area contributed by atoms with Crippen LogP contribution in [0.1, 0.15) is 0 Å². The Labute approximate surface area is 343 Å². The monoisotopic (exact) mass is 774 g/mol. The van der Waals surface area contributed by atoms with Crippen molar-refractivity contribution in [3.8, 4) is 27.9 Å². The number of thiophene rings is 2. The van der Waals surface area contributed by atoms with Crippen molar-refractivity contribution in [1.29, 1.82) is 0 Å². The van der Waals surface area contributed by atoms with Crippen molar-refractivity contribution in [3.63, 3.8) is 0 Å². The quantitative estimate of drug-likeness (QED) is 0.163. The van der Waals surface area contributed by atoms with Crippen LogP contribution in [0.3, 0.4) is 0 Å². The summed E-state index contributed by atoms with van der Waals surface area (Å²) in [5, 5.41) is 7.77. The summed E-state index contributed by atoms with van der Waals surface area (Å²) >= 11 is 3.74. The van der Waals surface area contributed by atoms with Crippen molar-refractivity contribution in [3.05, 3.63) is 206 Å². The third-order valence-electron chi connectivity index (χ3n) is 11.6. The summed E-state index contributed by atoms with van der Waals surface area (Å²) in [5.41, 5.74) is 11.8. The number of hydrogen-bond acceptors (Lipinski definition) is 3. The van der Waals surface area contributed by atoms with Gasteiger partial charge in [-0.15, -0.1) is 22.7 Å². The highest BCUT2D eigenvalue weighted by atomic mass is 32.1. The maximum atomic E-state index is 2.44. The molecule has 3 heterocycles. The van der Waals surface area contributed by atoms with E-state index in [9.17, 15) is 0 Å². The molecule has 0 bridgehead atoms. The van der Waals surface area contributed by atoms with E-state index in [0.29, 0.717) is 0 Å². The summed E-state index contributed by atoms with van der Waals surface area (Å²) in [6.45, 7) is 0. The second-order valence-corrected chi connectivity index (χ2v) is 17.0. The first-order valence-corrected chi connectivity index (χ1v) is 21.3. The van der Waals surface area contributed by atoms with E-state index in [-0.39, 0.29) is 0 Å². The van der Waals surface area contributed by atoms with E-state index in [0.717, 1.165) is 17.1 Å². The largest absolute Gasteiger partial charge is 0.311 e. The SMILES string of the molecule is c1ccc(N(c2ccc(-c3ccc4sc5ccccc5c4c3)cc2)c2ccc(-c3cc(-n4c5ccccc5c5ccccc54)cc4c3sc3ccccc34)cc2)cc1. The lowest BCUT2D eigenvalue weighted by molar-refractivity contribution is 1.19. The minimum atomic E-state index is 1.11. The molecule has 0 saturated carbocycles. The number of fused-ring (bicyclic) bond motifs is 9. The molecule has 0 saturated heterocycles. The van der Waals surface area contributed by atoms with Gasteiger partial charge < -0.3 is 9.47 Å². The zero-order valence-electron chi connectivity index (χ0n) is 31.3. The number of benzene rings is 9. The normalized spacial score (nSPS) is 11.8. The van der Waals surface area contributed by atoms with Gasteiger partial charge in [0.1, 0.15) is 0 Å². The van der Waals surface area contributed by atoms with Crippen LogP contribution in [0, 0.1) is 0 Å². The molecule has 0 N–H and O–H groups in total. The third-order valence-corrected chi connectivity index (χ3v) is 14.0. The maximum Gasteiger partial charge on any atom is 0.0541 e. The average Bonchev–Trinajstić information content (AvgIpc) is 3.97. The molecule has 0 aliphatic heterocycles. The number of rotatable bonds is 6. The van der Waals surface area contributed by atoms with E-state index in [1.807, 2.05) is 22.7 Å². The Hall–Kier alpha value is -6.98. The van der Waals surface area contributed by atoms with Gasteiger partial charge in [-0.1, -0.05) is 121 Å². The highest BCUT2D eigenvalue weighted by Crippen LogP contribution is 2.45. The van der Waals surface area contributed by atoms with Gasteiger partial charge in [0.15, 0.2) is 0 Å². The molecule has 2 nitrogen and oxygen atoms in total. The van der Waals surface area contributed by atoms with Gasteiger partial charge in [-0.2, -0.15) is 0 Å². The Balaban J connectivity index is 0.972. The fraction of sp³-hybridized carbons (Fsp3) is 0. The van der Waals surface area contributed by atoms with E-state index in [1.165, 1.54) is 90.1 Å². The molecular weight excluding hydrogens is 741 g/mol. The molecule has 4 heteroatoms. The Morgan fingerprint density at radius 2 is 0.828 bits per heavy atom. The van der Waals surface area contributed by atoms with Crippen LogP contribution in [0.25, 0.3) is 90.1 Å². The Kier molecular flexibility index (Phi) is 7.62. The molecule has 0 fully saturated rings. The minimum Gasteiger partial charge on any atom is -0.311 e. The van der Waals surface area contributed by atoms with Gasteiger partial charge in [0.2, 0.25) is 0 Å². The average molecular weight is 775 g/mol. The Morgan fingerprint density at radius 1 is 0.328 bits per heavy atom. The van der Waals surface area contributed by atoms with Crippen molar-refractivity contribution >= 4 is 102 Å². The van der Waals surface area contributed by atoms with Crippen LogP contribution in [0.15, 0.2) is 206 Å². The van der Waals surface area contributed by atoms with E-state index in [4.69, 9.17) is 0 Å². The summed E-state index contributed by atoms with van der Waals surface area (Å²) in [4.78, 5) is 2.35. The molecule has 0 aliphatic rings. The predicted molar refractivity (Wildman–Crippen MR) is 252 cm³/mol. The van der Waals surface area contributed by atoms with E-state index in [1.54, 1.807) is 0 Å². The molecule has 58 heavy (non-hydrogen) atoms. The first-order valence-electron chi connectivity index (χ1n) is 19.7. The smallest absolute Gasteiger partial charge is 0.0541 e. The lowest BCUT2D eigenvalue weighted by Gasteiger charge is -2.26. The summed E-state index contributed by atoms with van der Waals surface area (Å²) in [7, 11) is 0. The number of aromatic nitrogens is 1. The first-order chi connectivity index (χ1) is 28.7. The van der Waals surface area contributed by atoms with Crippen LogP contribution in [0.2, 0.25) is 0 Å². The van der Waals surface area contributed by atoms with Crippen molar-refractivity contribution in [2.24, 2.45) is 0 Å². The molecule has 0 aliphatic carbocycles. The van der Waals surface area contributed by atoms with Gasteiger partial charge in [0.25, 0.3) is 0 Å². The summed E-state index contributed by atoms with van der Waals surface area (Å²) in [6.07, 6.45) is 0. The second-order valence-electron chi connectivity index (χ2n) is 14.9. The van der Waals surface area contributed by atoms with Gasteiger partial charge in [-0.25, -0.2) is 0 Å². The van der Waals surface area contributed by atoms with Crippen LogP contribution in [-0.2, 0) is 0 Å². The minimum absolute atomic E-state index is 1.11. The number of nitrogens with zero attached hydrogens (tertiary/aromatic N) is 2. The van der Waals surface area contributed by atoms with Gasteiger partial charge in [-0.3, -0.25) is 0 Å². The van der Waals surface area contributed by atoms with Crippen molar-refractivity contribution < 1.29 is 0 Å². The molecule has 12 rings (SSSR count). The highest BCUT2D eigenvalue weighted by molar-refractivity contribution is 7.26. The summed E-state index contributed by atoms with van der Waals surface area (Å²) in [6, 6.07) is 75.6. The zero-order valence-corrected chi connectivity index (χ0v) is 33.0. The Morgan fingerprint density at radius 3 is 1.50 bits per heavy atom. The van der Waals surface area contributed by atoms with Gasteiger partial charge >= 0.3 is 0 Å². The standard InChI is InChI=1S/C54H34N2S2/c1-2-12-38(13-3-1)55(39-27-22-35(23-28-39)37-26-31-53-47(32-37)44-16-6-10-20-51(44)57-53)40-29-24-36(25-30-40)46-33-41(34-48-45-17-7-11-21-52(45)58-54(46)48)56-49-18-8-4-14-42(49)43-15-5-9-19-50(43)56/h1-34H.